The third-order valence-corrected chi connectivity index (χ3v) is 3.68. The lowest BCUT2D eigenvalue weighted by Gasteiger charge is -2.08. The second-order valence-corrected chi connectivity index (χ2v) is 5.19. The number of aryl methyl sites for hydroxylation is 1. The molecule has 3 N–H and O–H groups in total. The fourth-order valence-corrected chi connectivity index (χ4v) is 2.52. The van der Waals surface area contributed by atoms with E-state index >= 15 is 0 Å². The van der Waals surface area contributed by atoms with Gasteiger partial charge in [-0.2, -0.15) is 5.10 Å². The molecule has 0 amide bonds. The van der Waals surface area contributed by atoms with Crippen LogP contribution < -0.4 is 5.73 Å². The summed E-state index contributed by atoms with van der Waals surface area (Å²) in [5.74, 6) is 0.399. The van der Waals surface area contributed by atoms with Gasteiger partial charge >= 0.3 is 0 Å². The molecule has 0 radical (unpaired) electrons. The van der Waals surface area contributed by atoms with Gasteiger partial charge in [-0.3, -0.25) is 10.1 Å². The average molecular weight is 312 g/mol. The van der Waals surface area contributed by atoms with Crippen molar-refractivity contribution in [1.82, 2.24) is 9.78 Å². The molecule has 2 aromatic heterocycles. The Bertz CT molecular complexity index is 850. The van der Waals surface area contributed by atoms with Crippen LogP contribution in [-0.2, 0) is 13.0 Å². The van der Waals surface area contributed by atoms with E-state index < -0.39 is 0 Å². The molecule has 2 heterocycles. The lowest BCUT2D eigenvalue weighted by Crippen LogP contribution is -2.13. The average Bonchev–Trinajstić information content (AvgIpc) is 3.15. The molecule has 6 heteroatoms. The first-order valence-electron chi connectivity index (χ1n) is 7.32. The number of nitrogens with two attached hydrogens (primary N) is 1. The molecule has 0 aliphatic heterocycles. The molecule has 0 saturated heterocycles. The summed E-state index contributed by atoms with van der Waals surface area (Å²) in [6.07, 6.45) is 2.34. The number of hydrogen-bond donors (Lipinski definition) is 2. The van der Waals surface area contributed by atoms with Crippen molar-refractivity contribution >= 4 is 5.84 Å². The molecule has 23 heavy (non-hydrogen) atoms. The van der Waals surface area contributed by atoms with Crippen molar-refractivity contribution in [2.24, 2.45) is 5.73 Å². The molecular weight excluding hydrogens is 295 g/mol. The second kappa shape index (κ2) is 6.08. The summed E-state index contributed by atoms with van der Waals surface area (Å²) in [4.78, 5) is 0. The van der Waals surface area contributed by atoms with Crippen LogP contribution in [0, 0.1) is 11.2 Å². The van der Waals surface area contributed by atoms with Gasteiger partial charge in [0.25, 0.3) is 0 Å². The second-order valence-electron chi connectivity index (χ2n) is 5.19. The van der Waals surface area contributed by atoms with Crippen LogP contribution >= 0.6 is 0 Å². The van der Waals surface area contributed by atoms with Crippen molar-refractivity contribution in [2.45, 2.75) is 19.9 Å². The Kier molecular flexibility index (Phi) is 3.97. The van der Waals surface area contributed by atoms with Gasteiger partial charge < -0.3 is 10.2 Å². The first-order valence-corrected chi connectivity index (χ1v) is 7.32. The van der Waals surface area contributed by atoms with Gasteiger partial charge in [-0.15, -0.1) is 0 Å². The molecule has 1 aromatic carbocycles. The van der Waals surface area contributed by atoms with Crippen molar-refractivity contribution in [3.8, 4) is 11.3 Å². The molecule has 3 rings (SSSR count). The summed E-state index contributed by atoms with van der Waals surface area (Å²) >= 11 is 0. The molecule has 118 valence electrons. The zero-order valence-corrected chi connectivity index (χ0v) is 12.7. The first-order chi connectivity index (χ1) is 11.1. The number of rotatable bonds is 5. The first kappa shape index (κ1) is 15.0. The van der Waals surface area contributed by atoms with Gasteiger partial charge in [0.2, 0.25) is 0 Å². The van der Waals surface area contributed by atoms with E-state index in [-0.39, 0.29) is 18.2 Å². The lowest BCUT2D eigenvalue weighted by atomic mass is 10.1. The highest BCUT2D eigenvalue weighted by atomic mass is 19.1. The Morgan fingerprint density at radius 1 is 1.35 bits per heavy atom. The maximum Gasteiger partial charge on any atom is 0.143 e. The van der Waals surface area contributed by atoms with Crippen molar-refractivity contribution in [1.29, 1.82) is 5.41 Å². The molecule has 0 aliphatic carbocycles. The van der Waals surface area contributed by atoms with Crippen LogP contribution in [0.4, 0.5) is 4.39 Å². The third-order valence-electron chi connectivity index (χ3n) is 3.68. The van der Waals surface area contributed by atoms with Gasteiger partial charge in [0.1, 0.15) is 23.1 Å². The van der Waals surface area contributed by atoms with Gasteiger partial charge in [0.15, 0.2) is 0 Å². The summed E-state index contributed by atoms with van der Waals surface area (Å²) in [6, 6.07) is 10.1. The quantitative estimate of drug-likeness (QED) is 0.561. The lowest BCUT2D eigenvalue weighted by molar-refractivity contribution is 0.516. The van der Waals surface area contributed by atoms with Crippen LogP contribution in [0.2, 0.25) is 0 Å². The molecule has 0 spiro atoms. The molecule has 0 saturated carbocycles. The topological polar surface area (TPSA) is 80.8 Å². The van der Waals surface area contributed by atoms with Gasteiger partial charge in [-0.25, -0.2) is 4.39 Å². The number of aromatic nitrogens is 2. The van der Waals surface area contributed by atoms with E-state index in [2.05, 4.69) is 5.10 Å². The number of amidine groups is 1. The predicted molar refractivity (Wildman–Crippen MR) is 85.8 cm³/mol. The highest BCUT2D eigenvalue weighted by Gasteiger charge is 2.17. The Balaban J connectivity index is 2.08. The fraction of sp³-hybridized carbons (Fsp3) is 0.176. The Labute approximate surface area is 133 Å². The van der Waals surface area contributed by atoms with Crippen molar-refractivity contribution in [2.75, 3.05) is 0 Å². The normalized spacial score (nSPS) is 10.9. The molecule has 0 bridgehead atoms. The van der Waals surface area contributed by atoms with Crippen LogP contribution in [0.1, 0.15) is 23.9 Å². The van der Waals surface area contributed by atoms with Crippen LogP contribution in [0.3, 0.4) is 0 Å². The van der Waals surface area contributed by atoms with Crippen LogP contribution in [-0.4, -0.2) is 15.6 Å². The minimum atomic E-state index is -0.291. The summed E-state index contributed by atoms with van der Waals surface area (Å²) in [6.45, 7) is 2.25. The van der Waals surface area contributed by atoms with E-state index in [0.717, 1.165) is 23.4 Å². The van der Waals surface area contributed by atoms with E-state index in [1.165, 1.54) is 6.07 Å². The minimum absolute atomic E-state index is 0.125. The largest absolute Gasteiger partial charge is 0.469 e. The summed E-state index contributed by atoms with van der Waals surface area (Å²) in [5, 5.41) is 11.9. The monoisotopic (exact) mass is 312 g/mol. The maximum absolute atomic E-state index is 13.9. The number of nitrogen functional groups attached to an aromatic ring is 1. The number of halogens is 1. The maximum atomic E-state index is 13.9. The van der Waals surface area contributed by atoms with Gasteiger partial charge in [-0.05, 0) is 18.2 Å². The van der Waals surface area contributed by atoms with E-state index in [0.29, 0.717) is 11.3 Å². The summed E-state index contributed by atoms with van der Waals surface area (Å²) in [5.41, 5.74) is 8.07. The number of furan rings is 1. The predicted octanol–water partition coefficient (Wildman–Crippen LogP) is 3.18. The molecule has 0 aliphatic rings. The number of hydrogen-bond acceptors (Lipinski definition) is 3. The Morgan fingerprint density at radius 3 is 2.83 bits per heavy atom. The molecule has 3 aromatic rings. The Hall–Kier alpha value is -2.89. The highest BCUT2D eigenvalue weighted by molar-refractivity contribution is 5.94. The molecule has 0 atom stereocenters. The number of nitrogens with zero attached hydrogens (tertiary/aromatic N) is 2. The molecule has 0 fully saturated rings. The molecule has 0 unspecified atom stereocenters. The SMILES string of the molecule is CCc1occc1-c1cc(C(=N)N)nn1Cc1ccccc1F. The zero-order valence-electron chi connectivity index (χ0n) is 12.7. The standard InChI is InChI=1S/C17H17FN4O/c1-2-16-12(7-8-23-16)15-9-14(17(19)20)21-22(15)10-11-5-3-4-6-13(11)18/h3-9H,2,10H2,1H3,(H3,19,20). The summed E-state index contributed by atoms with van der Waals surface area (Å²) < 4.78 is 21.1. The van der Waals surface area contributed by atoms with E-state index in [1.807, 2.05) is 13.0 Å². The van der Waals surface area contributed by atoms with Gasteiger partial charge in [0, 0.05) is 17.5 Å². The fourth-order valence-electron chi connectivity index (χ4n) is 2.52. The smallest absolute Gasteiger partial charge is 0.143 e. The van der Waals surface area contributed by atoms with Crippen molar-refractivity contribution in [3.05, 3.63) is 65.5 Å². The van der Waals surface area contributed by atoms with E-state index in [4.69, 9.17) is 15.6 Å². The molecule has 5 nitrogen and oxygen atoms in total. The zero-order chi connectivity index (χ0) is 16.4. The minimum Gasteiger partial charge on any atom is -0.469 e. The van der Waals surface area contributed by atoms with Crippen LogP contribution in [0.15, 0.2) is 47.1 Å². The molecular formula is C17H17FN4O. The van der Waals surface area contributed by atoms with Gasteiger partial charge in [-0.1, -0.05) is 25.1 Å². The van der Waals surface area contributed by atoms with E-state index in [9.17, 15) is 4.39 Å². The summed E-state index contributed by atoms with van der Waals surface area (Å²) in [7, 11) is 0. The highest BCUT2D eigenvalue weighted by Crippen LogP contribution is 2.27. The van der Waals surface area contributed by atoms with E-state index in [1.54, 1.807) is 35.2 Å². The Morgan fingerprint density at radius 2 is 2.13 bits per heavy atom. The van der Waals surface area contributed by atoms with Crippen LogP contribution in [0.5, 0.6) is 0 Å². The van der Waals surface area contributed by atoms with Crippen molar-refractivity contribution in [3.63, 3.8) is 0 Å². The third kappa shape index (κ3) is 2.88. The number of benzene rings is 1. The van der Waals surface area contributed by atoms with Gasteiger partial charge in [0.05, 0.1) is 18.5 Å². The van der Waals surface area contributed by atoms with Crippen molar-refractivity contribution < 1.29 is 8.81 Å². The number of nitrogens with one attached hydrogen (secondary N) is 1. The van der Waals surface area contributed by atoms with Crippen LogP contribution in [0.25, 0.3) is 11.3 Å².